The van der Waals surface area contributed by atoms with Crippen LogP contribution in [0.1, 0.15) is 29.1 Å². The molecule has 1 fully saturated rings. The summed E-state index contributed by atoms with van der Waals surface area (Å²) in [5, 5.41) is 8.86. The lowest BCUT2D eigenvalue weighted by Crippen LogP contribution is -2.31. The van der Waals surface area contributed by atoms with Crippen LogP contribution in [0.3, 0.4) is 0 Å². The lowest BCUT2D eigenvalue weighted by molar-refractivity contribution is -0.0595. The van der Waals surface area contributed by atoms with Gasteiger partial charge in [0.05, 0.1) is 29.6 Å². The maximum atomic E-state index is 15.0. The maximum absolute atomic E-state index is 15.0. The average Bonchev–Trinajstić information content (AvgIpc) is 3.28. The molecule has 1 aromatic carbocycles. The first-order valence-electron chi connectivity index (χ1n) is 11.0. The summed E-state index contributed by atoms with van der Waals surface area (Å²) in [5.41, 5.74) is 3.02. The van der Waals surface area contributed by atoms with Crippen molar-refractivity contribution in [3.8, 4) is 23.2 Å². The van der Waals surface area contributed by atoms with Gasteiger partial charge in [0.1, 0.15) is 24.3 Å². The molecule has 4 heterocycles. The van der Waals surface area contributed by atoms with E-state index in [1.54, 1.807) is 30.5 Å². The molecule has 1 aliphatic heterocycles. The number of imidazole rings is 1. The van der Waals surface area contributed by atoms with E-state index in [0.29, 0.717) is 40.4 Å². The quantitative estimate of drug-likeness (QED) is 0.394. The molecule has 3 aromatic heterocycles. The van der Waals surface area contributed by atoms with Crippen LogP contribution in [0.25, 0.3) is 11.3 Å². The number of nitrogens with zero attached hydrogens (tertiary/aromatic N) is 5. The van der Waals surface area contributed by atoms with Crippen LogP contribution >= 0.6 is 0 Å². The highest BCUT2D eigenvalue weighted by Crippen LogP contribution is 2.24. The molecule has 0 radical (unpaired) electrons. The van der Waals surface area contributed by atoms with Gasteiger partial charge in [-0.3, -0.25) is 4.98 Å². The lowest BCUT2D eigenvalue weighted by Gasteiger charge is -2.27. The summed E-state index contributed by atoms with van der Waals surface area (Å²) in [6, 6.07) is 15.9. The first kappa shape index (κ1) is 21.7. The highest BCUT2D eigenvalue weighted by molar-refractivity contribution is 5.60. The SMILES string of the molecule is N#Cc1ccc(COc2cccc(-c3ccc(Cc4nccn4C[C@@H]4CCO4)c(F)c3)n2)nc1. The van der Waals surface area contributed by atoms with E-state index in [2.05, 4.69) is 15.0 Å². The van der Waals surface area contributed by atoms with Gasteiger partial charge in [-0.2, -0.15) is 5.26 Å². The summed E-state index contributed by atoms with van der Waals surface area (Å²) >= 11 is 0. The predicted octanol–water partition coefficient (Wildman–Crippen LogP) is 4.31. The van der Waals surface area contributed by atoms with Crippen molar-refractivity contribution in [2.75, 3.05) is 6.61 Å². The molecule has 7 nitrogen and oxygen atoms in total. The fraction of sp³-hybridized carbons (Fsp3) is 0.231. The van der Waals surface area contributed by atoms with Crippen molar-refractivity contribution in [3.63, 3.8) is 0 Å². The summed E-state index contributed by atoms with van der Waals surface area (Å²) in [6.07, 6.45) is 6.81. The first-order valence-corrected chi connectivity index (χ1v) is 11.0. The van der Waals surface area contributed by atoms with Gasteiger partial charge in [0.25, 0.3) is 0 Å². The second-order valence-electron chi connectivity index (χ2n) is 8.06. The zero-order valence-corrected chi connectivity index (χ0v) is 18.4. The minimum absolute atomic E-state index is 0.216. The van der Waals surface area contributed by atoms with Gasteiger partial charge in [-0.15, -0.1) is 0 Å². The number of nitriles is 1. The van der Waals surface area contributed by atoms with Crippen molar-refractivity contribution in [2.45, 2.75) is 32.1 Å². The Labute approximate surface area is 196 Å². The van der Waals surface area contributed by atoms with E-state index in [-0.39, 0.29) is 18.5 Å². The van der Waals surface area contributed by atoms with Gasteiger partial charge in [0.15, 0.2) is 0 Å². The third kappa shape index (κ3) is 4.95. The van der Waals surface area contributed by atoms with E-state index in [4.69, 9.17) is 14.7 Å². The van der Waals surface area contributed by atoms with Gasteiger partial charge in [0, 0.05) is 43.2 Å². The van der Waals surface area contributed by atoms with Crippen LogP contribution in [0.2, 0.25) is 0 Å². The summed E-state index contributed by atoms with van der Waals surface area (Å²) in [5.74, 6) is 0.919. The minimum Gasteiger partial charge on any atom is -0.471 e. The van der Waals surface area contributed by atoms with Gasteiger partial charge >= 0.3 is 0 Å². The standard InChI is InChI=1S/C26H22FN5O2/c27-23-12-20(6-5-19(23)13-25-29-9-10-32(25)16-22-8-11-33-22)24-2-1-3-26(31-24)34-17-21-7-4-18(14-28)15-30-21/h1-7,9-10,12,15,22H,8,11,13,16-17H2/t22-/m0/s1. The van der Waals surface area contributed by atoms with E-state index < -0.39 is 0 Å². The highest BCUT2D eigenvalue weighted by Gasteiger charge is 2.20. The van der Waals surface area contributed by atoms with Gasteiger partial charge in [0.2, 0.25) is 5.88 Å². The summed E-state index contributed by atoms with van der Waals surface area (Å²) in [6.45, 7) is 1.76. The molecule has 170 valence electrons. The molecular formula is C26H22FN5O2. The normalized spacial score (nSPS) is 14.9. The molecule has 1 saturated heterocycles. The molecule has 0 bridgehead atoms. The Kier molecular flexibility index (Phi) is 6.27. The second-order valence-corrected chi connectivity index (χ2v) is 8.06. The number of ether oxygens (including phenoxy) is 2. The van der Waals surface area contributed by atoms with Crippen LogP contribution in [-0.4, -0.2) is 32.2 Å². The number of hydrogen-bond donors (Lipinski definition) is 0. The molecule has 0 N–H and O–H groups in total. The van der Waals surface area contributed by atoms with E-state index in [0.717, 1.165) is 25.4 Å². The Hall–Kier alpha value is -4.09. The fourth-order valence-corrected chi connectivity index (χ4v) is 3.72. The number of halogens is 1. The molecule has 34 heavy (non-hydrogen) atoms. The van der Waals surface area contributed by atoms with E-state index in [1.807, 2.05) is 35.0 Å². The average molecular weight is 455 g/mol. The highest BCUT2D eigenvalue weighted by atomic mass is 19.1. The molecule has 0 aliphatic carbocycles. The molecular weight excluding hydrogens is 433 g/mol. The van der Waals surface area contributed by atoms with Crippen LogP contribution < -0.4 is 4.74 Å². The van der Waals surface area contributed by atoms with Gasteiger partial charge in [-0.05, 0) is 36.2 Å². The number of rotatable bonds is 8. The third-order valence-electron chi connectivity index (χ3n) is 5.74. The molecule has 1 atom stereocenters. The lowest BCUT2D eigenvalue weighted by atomic mass is 10.1. The monoisotopic (exact) mass is 455 g/mol. The van der Waals surface area contributed by atoms with E-state index in [1.165, 1.54) is 12.3 Å². The Morgan fingerprint density at radius 3 is 2.82 bits per heavy atom. The minimum atomic E-state index is -0.304. The molecule has 4 aromatic rings. The van der Waals surface area contributed by atoms with Crippen molar-refractivity contribution in [1.29, 1.82) is 5.26 Å². The first-order chi connectivity index (χ1) is 16.7. The van der Waals surface area contributed by atoms with Crippen LogP contribution in [0.4, 0.5) is 4.39 Å². The van der Waals surface area contributed by atoms with Crippen LogP contribution in [0.5, 0.6) is 5.88 Å². The van der Waals surface area contributed by atoms with Gasteiger partial charge in [-0.1, -0.05) is 18.2 Å². The molecule has 0 amide bonds. The maximum Gasteiger partial charge on any atom is 0.214 e. The van der Waals surface area contributed by atoms with Crippen molar-refractivity contribution in [3.05, 3.63) is 95.6 Å². The third-order valence-corrected chi connectivity index (χ3v) is 5.74. The molecule has 0 saturated carbocycles. The molecule has 0 spiro atoms. The van der Waals surface area contributed by atoms with E-state index in [9.17, 15) is 4.39 Å². The predicted molar refractivity (Wildman–Crippen MR) is 122 cm³/mol. The van der Waals surface area contributed by atoms with Crippen molar-refractivity contribution in [2.24, 2.45) is 0 Å². The Bertz CT molecular complexity index is 1330. The smallest absolute Gasteiger partial charge is 0.214 e. The number of pyridine rings is 2. The molecule has 8 heteroatoms. The largest absolute Gasteiger partial charge is 0.471 e. The Morgan fingerprint density at radius 2 is 2.09 bits per heavy atom. The number of hydrogen-bond acceptors (Lipinski definition) is 6. The van der Waals surface area contributed by atoms with Crippen LogP contribution in [0, 0.1) is 17.1 Å². The van der Waals surface area contributed by atoms with Crippen molar-refractivity contribution in [1.82, 2.24) is 19.5 Å². The molecule has 0 unspecified atom stereocenters. The van der Waals surface area contributed by atoms with Gasteiger partial charge in [-0.25, -0.2) is 14.4 Å². The molecule has 1 aliphatic rings. The van der Waals surface area contributed by atoms with E-state index >= 15 is 0 Å². The second kappa shape index (κ2) is 9.81. The fourth-order valence-electron chi connectivity index (χ4n) is 3.72. The Balaban J connectivity index is 1.27. The van der Waals surface area contributed by atoms with Crippen LogP contribution in [-0.2, 0) is 24.3 Å². The topological polar surface area (TPSA) is 85.8 Å². The Morgan fingerprint density at radius 1 is 1.18 bits per heavy atom. The van der Waals surface area contributed by atoms with Gasteiger partial charge < -0.3 is 14.0 Å². The summed E-state index contributed by atoms with van der Waals surface area (Å²) < 4.78 is 28.3. The van der Waals surface area contributed by atoms with Crippen molar-refractivity contribution < 1.29 is 13.9 Å². The zero-order valence-electron chi connectivity index (χ0n) is 18.4. The number of benzene rings is 1. The summed E-state index contributed by atoms with van der Waals surface area (Å²) in [4.78, 5) is 13.1. The van der Waals surface area contributed by atoms with Crippen LogP contribution in [0.15, 0.2) is 67.1 Å². The molecule has 5 rings (SSSR count). The summed E-state index contributed by atoms with van der Waals surface area (Å²) in [7, 11) is 0. The number of aromatic nitrogens is 4. The van der Waals surface area contributed by atoms with Crippen molar-refractivity contribution >= 4 is 0 Å². The zero-order chi connectivity index (χ0) is 23.3.